The number of carboxylic acids is 3. The number of benzene rings is 2. The maximum absolute atomic E-state index is 15.0. The Balaban J connectivity index is 2.28. The number of carbonyl (C=O) groups excluding carboxylic acids is 2. The number of ketones is 1. The molecule has 46 heavy (non-hydrogen) atoms. The molecule has 1 aromatic heterocycles. The fourth-order valence-corrected chi connectivity index (χ4v) is 4.76. The Hall–Kier alpha value is -5.66. The molecule has 0 aliphatic rings. The van der Waals surface area contributed by atoms with E-state index in [0.717, 1.165) is 17.1 Å². The lowest BCUT2D eigenvalue weighted by Gasteiger charge is -2.45. The third-order valence-electron chi connectivity index (χ3n) is 7.00. The van der Waals surface area contributed by atoms with Crippen LogP contribution >= 0.6 is 0 Å². The zero-order chi connectivity index (χ0) is 34.2. The molecule has 3 rings (SSSR count). The number of nitrogens with zero attached hydrogens (tertiary/aromatic N) is 3. The molecule has 1 heterocycles. The molecule has 0 fully saturated rings. The summed E-state index contributed by atoms with van der Waals surface area (Å²) < 4.78 is 19.9. The van der Waals surface area contributed by atoms with Crippen molar-refractivity contribution in [1.29, 1.82) is 0 Å². The van der Waals surface area contributed by atoms with Crippen molar-refractivity contribution in [1.82, 2.24) is 20.0 Å². The summed E-state index contributed by atoms with van der Waals surface area (Å²) in [5, 5.41) is 30.9. The van der Waals surface area contributed by atoms with E-state index >= 15 is 0 Å². The topological polar surface area (TPSA) is 234 Å². The van der Waals surface area contributed by atoms with Crippen molar-refractivity contribution in [2.75, 3.05) is 13.7 Å². The molecule has 6 N–H and O–H groups in total. The molecule has 15 nitrogen and oxygen atoms in total. The number of Topliss-reactive ketones (excluding diaryl/α,β-unsaturated/α-hetero) is 1. The van der Waals surface area contributed by atoms with Crippen molar-refractivity contribution in [3.8, 4) is 18.4 Å². The van der Waals surface area contributed by atoms with Gasteiger partial charge in [0, 0.05) is 25.8 Å². The summed E-state index contributed by atoms with van der Waals surface area (Å²) in [5.41, 5.74) is 1.61. The van der Waals surface area contributed by atoms with Gasteiger partial charge in [-0.15, -0.1) is 6.42 Å². The summed E-state index contributed by atoms with van der Waals surface area (Å²) in [7, 11) is 1.30. The number of rotatable bonds is 16. The second-order valence-corrected chi connectivity index (χ2v) is 10.0. The van der Waals surface area contributed by atoms with Gasteiger partial charge in [0.25, 0.3) is 11.6 Å². The molecule has 0 saturated heterocycles. The number of nitrogens with one attached hydrogen (secondary N) is 1. The molecule has 1 amide bonds. The van der Waals surface area contributed by atoms with Crippen LogP contribution in [0.1, 0.15) is 41.6 Å². The Labute approximate surface area is 260 Å². The number of aliphatic carboxylic acids is 3. The van der Waals surface area contributed by atoms with E-state index in [1.807, 2.05) is 0 Å². The third-order valence-corrected chi connectivity index (χ3v) is 7.00. The summed E-state index contributed by atoms with van der Waals surface area (Å²) in [4.78, 5) is 83.6. The lowest BCUT2D eigenvalue weighted by atomic mass is 9.83. The number of ether oxygens (including phenoxy) is 1. The molecule has 2 atom stereocenters. The number of nitrogens with two attached hydrogens (primary N) is 1. The average Bonchev–Trinajstić information content (AvgIpc) is 3.01. The molecule has 0 aliphatic heterocycles. The molecule has 16 heteroatoms. The van der Waals surface area contributed by atoms with Crippen LogP contribution in [-0.2, 0) is 25.7 Å². The number of aromatic nitrogens is 2. The highest BCUT2D eigenvalue weighted by molar-refractivity contribution is 6.18. The van der Waals surface area contributed by atoms with Gasteiger partial charge in [-0.3, -0.25) is 29.0 Å². The molecule has 2 aromatic carbocycles. The summed E-state index contributed by atoms with van der Waals surface area (Å²) in [6.45, 7) is -0.992. The second kappa shape index (κ2) is 14.9. The first-order valence-electron chi connectivity index (χ1n) is 13.6. The Morgan fingerprint density at radius 1 is 1.13 bits per heavy atom. The van der Waals surface area contributed by atoms with Gasteiger partial charge in [-0.2, -0.15) is 4.98 Å². The van der Waals surface area contributed by atoms with Gasteiger partial charge >= 0.3 is 17.9 Å². The Kier molecular flexibility index (Phi) is 11.3. The fourth-order valence-electron chi connectivity index (χ4n) is 4.76. The quantitative estimate of drug-likeness (QED) is 0.0638. The first-order valence-corrected chi connectivity index (χ1v) is 13.6. The van der Waals surface area contributed by atoms with Crippen LogP contribution in [0.15, 0.2) is 47.3 Å². The lowest BCUT2D eigenvalue weighted by molar-refractivity contribution is -0.179. The number of hydrogen-bond donors (Lipinski definition) is 5. The van der Waals surface area contributed by atoms with Crippen LogP contribution < -0.4 is 16.0 Å². The number of fused-ring (bicyclic) bond motifs is 1. The molecular weight excluding hydrogens is 609 g/mol. The number of H-pyrrole nitrogens is 1. The van der Waals surface area contributed by atoms with E-state index < -0.39 is 96.9 Å². The van der Waals surface area contributed by atoms with Crippen molar-refractivity contribution in [2.45, 2.75) is 43.8 Å². The number of methoxy groups -OCH3 is 1. The largest absolute Gasteiger partial charge is 0.481 e. The van der Waals surface area contributed by atoms with E-state index in [0.29, 0.717) is 5.01 Å². The number of hydrogen-bond acceptors (Lipinski definition) is 10. The maximum Gasteiger partial charge on any atom is 0.339 e. The highest BCUT2D eigenvalue weighted by atomic mass is 19.1. The number of amides is 1. The van der Waals surface area contributed by atoms with Gasteiger partial charge in [0.1, 0.15) is 11.9 Å². The Morgan fingerprint density at radius 2 is 1.83 bits per heavy atom. The van der Waals surface area contributed by atoms with Gasteiger partial charge in [-0.1, -0.05) is 24.1 Å². The molecule has 0 bridgehead atoms. The molecule has 0 radical (unpaired) electrons. The minimum Gasteiger partial charge on any atom is -0.481 e. The molecule has 0 saturated carbocycles. The third kappa shape index (κ3) is 7.52. The predicted octanol–water partition coefficient (Wildman–Crippen LogP) is 1.01. The normalized spacial score (nSPS) is 12.9. The Bertz CT molecular complexity index is 1770. The van der Waals surface area contributed by atoms with Crippen molar-refractivity contribution in [3.05, 3.63) is 69.8 Å². The summed E-state index contributed by atoms with van der Waals surface area (Å²) in [6.07, 6.45) is 2.34. The molecule has 0 aliphatic carbocycles. The van der Waals surface area contributed by atoms with Crippen LogP contribution in [0.25, 0.3) is 10.9 Å². The van der Waals surface area contributed by atoms with Crippen molar-refractivity contribution >= 4 is 40.5 Å². The summed E-state index contributed by atoms with van der Waals surface area (Å²) in [6, 6.07) is 6.98. The summed E-state index contributed by atoms with van der Waals surface area (Å²) in [5.74, 6) is -6.54. The first kappa shape index (κ1) is 34.8. The van der Waals surface area contributed by atoms with E-state index in [9.17, 15) is 48.5 Å². The van der Waals surface area contributed by atoms with Crippen LogP contribution in [0.2, 0.25) is 0 Å². The number of aromatic amines is 1. The number of halogens is 1. The minimum absolute atomic E-state index is 0.0631. The van der Waals surface area contributed by atoms with Crippen molar-refractivity contribution in [2.24, 2.45) is 5.73 Å². The van der Waals surface area contributed by atoms with Crippen LogP contribution in [0, 0.1) is 18.2 Å². The first-order chi connectivity index (χ1) is 21.8. The number of carboxylic acid groups (broad SMARTS) is 3. The predicted molar refractivity (Wildman–Crippen MR) is 158 cm³/mol. The summed E-state index contributed by atoms with van der Waals surface area (Å²) >= 11 is 0. The Morgan fingerprint density at radius 3 is 2.41 bits per heavy atom. The van der Waals surface area contributed by atoms with Gasteiger partial charge in [0.15, 0.2) is 0 Å². The van der Waals surface area contributed by atoms with Gasteiger partial charge < -0.3 is 25.8 Å². The van der Waals surface area contributed by atoms with Gasteiger partial charge in [0.2, 0.25) is 17.2 Å². The van der Waals surface area contributed by atoms with E-state index in [1.165, 1.54) is 37.4 Å². The maximum atomic E-state index is 15.0. The van der Waals surface area contributed by atoms with Crippen LogP contribution in [0.4, 0.5) is 4.39 Å². The number of carbonyl (C=O) groups is 5. The highest BCUT2D eigenvalue weighted by Crippen LogP contribution is 2.32. The molecule has 3 aromatic rings. The molecule has 0 spiro atoms. The monoisotopic (exact) mass is 639 g/mol. The van der Waals surface area contributed by atoms with Crippen molar-refractivity contribution < 1.29 is 48.4 Å². The standard InChI is InChI=1S/C30H30FN5O10/c1-3-14-35(16-17-8-10-22-19(15-17)26(41)34-29(33-22)46-2)36(23(37)11-9-21(32)27(42)43)30(28(44)45,13-12-24(38)39)25(40)18-6-4-5-7-20(18)31/h1,4-8,10,15,21H,9,11-14,16,32H2,2H3,(H,38,39)(H,42,43)(H,44,45)(H,33,34,41)/t21-,30-/m0/s1. The van der Waals surface area contributed by atoms with Crippen LogP contribution in [-0.4, -0.2) is 90.1 Å². The SMILES string of the molecule is C#CCN(Cc1ccc2nc(OC)[nH]c(=O)c2c1)N(C(=O)CC[C@H](N)C(=O)O)[C@](CCC(=O)O)(C(=O)O)C(=O)c1ccccc1F. The molecule has 242 valence electrons. The zero-order valence-corrected chi connectivity index (χ0v) is 24.4. The van der Waals surface area contributed by atoms with Crippen LogP contribution in [0.3, 0.4) is 0 Å². The minimum atomic E-state index is -3.09. The van der Waals surface area contributed by atoms with E-state index in [2.05, 4.69) is 15.9 Å². The molecular formula is C30H30FN5O10. The lowest BCUT2D eigenvalue weighted by Crippen LogP contribution is -2.67. The number of terminal acetylenes is 1. The highest BCUT2D eigenvalue weighted by Gasteiger charge is 2.56. The average molecular weight is 640 g/mol. The van der Waals surface area contributed by atoms with Gasteiger partial charge in [-0.05, 0) is 36.2 Å². The van der Waals surface area contributed by atoms with E-state index in [1.54, 1.807) is 0 Å². The van der Waals surface area contributed by atoms with Gasteiger partial charge in [-0.25, -0.2) is 19.2 Å². The van der Waals surface area contributed by atoms with Crippen LogP contribution in [0.5, 0.6) is 6.01 Å². The molecule has 0 unspecified atom stereocenters. The fraction of sp³-hybridized carbons (Fsp3) is 0.300. The zero-order valence-electron chi connectivity index (χ0n) is 24.4. The van der Waals surface area contributed by atoms with Gasteiger partial charge in [0.05, 0.1) is 30.1 Å². The van der Waals surface area contributed by atoms with E-state index in [4.69, 9.17) is 16.9 Å². The van der Waals surface area contributed by atoms with Crippen molar-refractivity contribution in [3.63, 3.8) is 0 Å². The second-order valence-electron chi connectivity index (χ2n) is 10.0. The smallest absolute Gasteiger partial charge is 0.339 e. The number of hydrazine groups is 1. The van der Waals surface area contributed by atoms with E-state index in [-0.39, 0.29) is 22.5 Å².